The van der Waals surface area contributed by atoms with Crippen LogP contribution in [0.25, 0.3) is 0 Å². The average molecular weight is 176 g/mol. The normalized spacial score (nSPS) is 12.3. The molecule has 1 atom stereocenters. The summed E-state index contributed by atoms with van der Waals surface area (Å²) < 4.78 is 8.62. The van der Waals surface area contributed by atoms with Crippen molar-refractivity contribution in [2.24, 2.45) is 5.92 Å². The molecule has 0 unspecified atom stereocenters. The van der Waals surface area contributed by atoms with E-state index in [1.54, 1.807) is 13.8 Å². The van der Waals surface area contributed by atoms with Crippen molar-refractivity contribution >= 4 is 12.1 Å². The molecule has 0 aromatic heterocycles. The zero-order chi connectivity index (χ0) is 9.72. The summed E-state index contributed by atoms with van der Waals surface area (Å²) in [6.45, 7) is 3.28. The van der Waals surface area contributed by atoms with Gasteiger partial charge in [0.2, 0.25) is 6.10 Å². The predicted molar refractivity (Wildman–Crippen MR) is 39.8 cm³/mol. The van der Waals surface area contributed by atoms with Crippen molar-refractivity contribution in [1.29, 1.82) is 0 Å². The molecule has 0 heterocycles. The van der Waals surface area contributed by atoms with Crippen LogP contribution in [-0.4, -0.2) is 30.4 Å². The first-order chi connectivity index (χ1) is 5.49. The van der Waals surface area contributed by atoms with Gasteiger partial charge in [-0.1, -0.05) is 13.8 Å². The summed E-state index contributed by atoms with van der Waals surface area (Å²) in [5.74, 6) is -1.45. The lowest BCUT2D eigenvalue weighted by atomic mass is 10.1. The number of carboxylic acid groups (broad SMARTS) is 1. The van der Waals surface area contributed by atoms with Crippen LogP contribution in [0.2, 0.25) is 0 Å². The van der Waals surface area contributed by atoms with E-state index in [9.17, 15) is 9.59 Å². The van der Waals surface area contributed by atoms with Gasteiger partial charge in [0.25, 0.3) is 0 Å². The van der Waals surface area contributed by atoms with E-state index < -0.39 is 18.2 Å². The molecular formula is C7H12O5. The first-order valence-corrected chi connectivity index (χ1v) is 3.46. The van der Waals surface area contributed by atoms with Crippen LogP contribution in [0.3, 0.4) is 0 Å². The summed E-state index contributed by atoms with van der Waals surface area (Å²) in [6.07, 6.45) is -2.12. The van der Waals surface area contributed by atoms with Crippen molar-refractivity contribution in [3.8, 4) is 0 Å². The topological polar surface area (TPSA) is 72.8 Å². The number of hydrogen-bond donors (Lipinski definition) is 1. The zero-order valence-electron chi connectivity index (χ0n) is 7.23. The molecule has 0 aliphatic carbocycles. The number of carboxylic acids is 1. The number of aliphatic carboxylic acids is 1. The molecule has 0 rings (SSSR count). The summed E-state index contributed by atoms with van der Waals surface area (Å²) in [7, 11) is 1.13. The highest BCUT2D eigenvalue weighted by Crippen LogP contribution is 2.07. The number of hydrogen-bond acceptors (Lipinski definition) is 4. The molecule has 0 radical (unpaired) electrons. The van der Waals surface area contributed by atoms with Gasteiger partial charge < -0.3 is 14.6 Å². The SMILES string of the molecule is COC(=O)O[C@H](C(=O)O)C(C)C. The molecule has 12 heavy (non-hydrogen) atoms. The summed E-state index contributed by atoms with van der Waals surface area (Å²) in [5, 5.41) is 8.56. The molecule has 5 heteroatoms. The maximum absolute atomic E-state index is 10.5. The Balaban J connectivity index is 4.14. The van der Waals surface area contributed by atoms with Crippen molar-refractivity contribution in [2.45, 2.75) is 20.0 Å². The fourth-order valence-electron chi connectivity index (χ4n) is 0.623. The lowest BCUT2D eigenvalue weighted by Gasteiger charge is -2.15. The second kappa shape index (κ2) is 4.58. The van der Waals surface area contributed by atoms with Crippen LogP contribution in [-0.2, 0) is 14.3 Å². The maximum Gasteiger partial charge on any atom is 0.508 e. The average Bonchev–Trinajstić information content (AvgIpc) is 1.98. The maximum atomic E-state index is 10.5. The first kappa shape index (κ1) is 10.7. The van der Waals surface area contributed by atoms with Crippen molar-refractivity contribution < 1.29 is 24.2 Å². The Kier molecular flexibility index (Phi) is 4.10. The van der Waals surface area contributed by atoms with Crippen molar-refractivity contribution in [1.82, 2.24) is 0 Å². The fourth-order valence-corrected chi connectivity index (χ4v) is 0.623. The van der Waals surface area contributed by atoms with Gasteiger partial charge in [0.1, 0.15) is 0 Å². The monoisotopic (exact) mass is 176 g/mol. The molecule has 5 nitrogen and oxygen atoms in total. The Morgan fingerprint density at radius 3 is 2.08 bits per heavy atom. The molecule has 70 valence electrons. The van der Waals surface area contributed by atoms with Gasteiger partial charge in [0.05, 0.1) is 7.11 Å². The molecule has 0 amide bonds. The highest BCUT2D eigenvalue weighted by atomic mass is 16.7. The largest absolute Gasteiger partial charge is 0.508 e. The minimum Gasteiger partial charge on any atom is -0.478 e. The lowest BCUT2D eigenvalue weighted by Crippen LogP contribution is -2.31. The van der Waals surface area contributed by atoms with Crippen LogP contribution in [0.5, 0.6) is 0 Å². The van der Waals surface area contributed by atoms with E-state index in [2.05, 4.69) is 9.47 Å². The molecule has 0 saturated carbocycles. The van der Waals surface area contributed by atoms with E-state index in [-0.39, 0.29) is 5.92 Å². The second-order valence-corrected chi connectivity index (χ2v) is 2.57. The van der Waals surface area contributed by atoms with Gasteiger partial charge in [-0.2, -0.15) is 0 Å². The quantitative estimate of drug-likeness (QED) is 0.646. The van der Waals surface area contributed by atoms with Crippen LogP contribution < -0.4 is 0 Å². The number of carbonyl (C=O) groups excluding carboxylic acids is 1. The Bertz CT molecular complexity index is 175. The number of methoxy groups -OCH3 is 1. The van der Waals surface area contributed by atoms with Gasteiger partial charge in [0, 0.05) is 5.92 Å². The standard InChI is InChI=1S/C7H12O5/c1-4(2)5(6(8)9)12-7(10)11-3/h4-5H,1-3H3,(H,8,9)/t5-/m0/s1. The molecule has 0 aliphatic heterocycles. The number of ether oxygens (including phenoxy) is 2. The van der Waals surface area contributed by atoms with Crippen LogP contribution in [0, 0.1) is 5.92 Å². The van der Waals surface area contributed by atoms with Crippen molar-refractivity contribution in [3.05, 3.63) is 0 Å². The lowest BCUT2D eigenvalue weighted by molar-refractivity contribution is -0.150. The van der Waals surface area contributed by atoms with Gasteiger partial charge >= 0.3 is 12.1 Å². The summed E-state index contributed by atoms with van der Waals surface area (Å²) in [4.78, 5) is 21.0. The third-order valence-corrected chi connectivity index (χ3v) is 1.24. The first-order valence-electron chi connectivity index (χ1n) is 3.46. The summed E-state index contributed by atoms with van der Waals surface area (Å²) in [5.41, 5.74) is 0. The van der Waals surface area contributed by atoms with E-state index in [1.807, 2.05) is 0 Å². The van der Waals surface area contributed by atoms with Gasteiger partial charge in [-0.25, -0.2) is 9.59 Å². The Morgan fingerprint density at radius 1 is 1.33 bits per heavy atom. The molecule has 0 aromatic rings. The molecule has 0 saturated heterocycles. The van der Waals surface area contributed by atoms with Crippen molar-refractivity contribution in [2.75, 3.05) is 7.11 Å². The zero-order valence-corrected chi connectivity index (χ0v) is 7.23. The number of carbonyl (C=O) groups is 2. The van der Waals surface area contributed by atoms with Gasteiger partial charge in [-0.15, -0.1) is 0 Å². The summed E-state index contributed by atoms with van der Waals surface area (Å²) >= 11 is 0. The predicted octanol–water partition coefficient (Wildman–Crippen LogP) is 0.879. The third-order valence-electron chi connectivity index (χ3n) is 1.24. The van der Waals surface area contributed by atoms with Crippen LogP contribution in [0.15, 0.2) is 0 Å². The van der Waals surface area contributed by atoms with Gasteiger partial charge in [-0.3, -0.25) is 0 Å². The molecule has 0 aliphatic rings. The molecule has 0 aromatic carbocycles. The molecule has 0 bridgehead atoms. The Morgan fingerprint density at radius 2 is 1.83 bits per heavy atom. The minimum absolute atomic E-state index is 0.276. The van der Waals surface area contributed by atoms with Crippen LogP contribution in [0.1, 0.15) is 13.8 Å². The van der Waals surface area contributed by atoms with Crippen LogP contribution in [0.4, 0.5) is 4.79 Å². The van der Waals surface area contributed by atoms with Crippen LogP contribution >= 0.6 is 0 Å². The fraction of sp³-hybridized carbons (Fsp3) is 0.714. The van der Waals surface area contributed by atoms with Gasteiger partial charge in [0.15, 0.2) is 0 Å². The summed E-state index contributed by atoms with van der Waals surface area (Å²) in [6, 6.07) is 0. The number of rotatable bonds is 3. The molecule has 0 fully saturated rings. The van der Waals surface area contributed by atoms with E-state index in [0.29, 0.717) is 0 Å². The van der Waals surface area contributed by atoms with E-state index in [4.69, 9.17) is 5.11 Å². The Labute approximate surface area is 70.3 Å². The highest BCUT2D eigenvalue weighted by molar-refractivity contribution is 5.75. The molecule has 0 spiro atoms. The minimum atomic E-state index is -1.17. The molecular weight excluding hydrogens is 164 g/mol. The smallest absolute Gasteiger partial charge is 0.478 e. The Hall–Kier alpha value is -1.26. The second-order valence-electron chi connectivity index (χ2n) is 2.57. The third kappa shape index (κ3) is 3.23. The van der Waals surface area contributed by atoms with Gasteiger partial charge in [-0.05, 0) is 0 Å². The van der Waals surface area contributed by atoms with E-state index in [0.717, 1.165) is 7.11 Å². The van der Waals surface area contributed by atoms with Crippen molar-refractivity contribution in [3.63, 3.8) is 0 Å². The molecule has 1 N–H and O–H groups in total. The highest BCUT2D eigenvalue weighted by Gasteiger charge is 2.25. The van der Waals surface area contributed by atoms with E-state index >= 15 is 0 Å². The van der Waals surface area contributed by atoms with E-state index in [1.165, 1.54) is 0 Å².